The number of benzene rings is 1. The largest absolute Gasteiger partial charge is 0.516 e. The summed E-state index contributed by atoms with van der Waals surface area (Å²) >= 11 is -0.237. The Hall–Kier alpha value is -1.42. The summed E-state index contributed by atoms with van der Waals surface area (Å²) in [4.78, 5) is 23.3. The van der Waals surface area contributed by atoms with E-state index in [0.717, 1.165) is 12.1 Å². The van der Waals surface area contributed by atoms with Crippen LogP contribution in [-0.4, -0.2) is 31.5 Å². The summed E-state index contributed by atoms with van der Waals surface area (Å²) in [6, 6.07) is 4.68. The SMILES string of the molecule is CC(C)(C)[Si](C)(C)OC(=O)c1ccc(SC(=O)C(F)(F)C(F)(F)F)cc1. The lowest BCUT2D eigenvalue weighted by atomic mass is 10.2. The van der Waals surface area contributed by atoms with Gasteiger partial charge in [-0.25, -0.2) is 4.79 Å². The minimum atomic E-state index is -5.95. The molecule has 146 valence electrons. The van der Waals surface area contributed by atoms with Crippen molar-refractivity contribution in [3.63, 3.8) is 0 Å². The van der Waals surface area contributed by atoms with Gasteiger partial charge in [0.2, 0.25) is 0 Å². The second-order valence-electron chi connectivity index (χ2n) is 7.14. The van der Waals surface area contributed by atoms with E-state index in [1.165, 1.54) is 12.1 Å². The van der Waals surface area contributed by atoms with Crippen LogP contribution < -0.4 is 0 Å². The van der Waals surface area contributed by atoms with Crippen molar-refractivity contribution in [2.24, 2.45) is 0 Å². The number of rotatable bonds is 4. The zero-order valence-corrected chi connectivity index (χ0v) is 16.6. The maximum atomic E-state index is 12.9. The number of hydrogen-bond acceptors (Lipinski definition) is 4. The molecule has 0 heterocycles. The highest BCUT2D eigenvalue weighted by atomic mass is 32.2. The van der Waals surface area contributed by atoms with Gasteiger partial charge < -0.3 is 4.43 Å². The van der Waals surface area contributed by atoms with E-state index >= 15 is 0 Å². The van der Waals surface area contributed by atoms with Crippen molar-refractivity contribution >= 4 is 31.2 Å². The molecule has 0 aliphatic heterocycles. The van der Waals surface area contributed by atoms with Gasteiger partial charge in [0, 0.05) is 4.90 Å². The van der Waals surface area contributed by atoms with Gasteiger partial charge in [0.25, 0.3) is 13.4 Å². The van der Waals surface area contributed by atoms with Crippen molar-refractivity contribution in [2.75, 3.05) is 0 Å². The molecule has 0 unspecified atom stereocenters. The Kier molecular flexibility index (Phi) is 6.35. The van der Waals surface area contributed by atoms with Gasteiger partial charge in [0.1, 0.15) is 0 Å². The van der Waals surface area contributed by atoms with E-state index in [1.807, 2.05) is 33.9 Å². The molecule has 0 saturated carbocycles. The van der Waals surface area contributed by atoms with Gasteiger partial charge in [0.05, 0.1) is 5.56 Å². The fourth-order valence-corrected chi connectivity index (χ4v) is 3.01. The predicted octanol–water partition coefficient (Wildman–Crippen LogP) is 5.66. The fourth-order valence-electron chi connectivity index (χ4n) is 1.39. The third-order valence-electron chi connectivity index (χ3n) is 4.07. The standard InChI is InChI=1S/C16H19F5O3SSi/c1-14(2,3)26(4,5)24-12(22)10-6-8-11(9-7-10)25-13(23)15(17,18)16(19,20)21/h6-9H,1-5H3. The summed E-state index contributed by atoms with van der Waals surface area (Å²) in [5, 5.41) is -2.55. The molecule has 26 heavy (non-hydrogen) atoms. The van der Waals surface area contributed by atoms with Crippen LogP contribution in [0.15, 0.2) is 29.2 Å². The van der Waals surface area contributed by atoms with E-state index in [4.69, 9.17) is 4.43 Å². The van der Waals surface area contributed by atoms with Gasteiger partial charge in [-0.2, -0.15) is 22.0 Å². The Labute approximate surface area is 153 Å². The van der Waals surface area contributed by atoms with Crippen molar-refractivity contribution in [3.05, 3.63) is 29.8 Å². The van der Waals surface area contributed by atoms with Crippen molar-refractivity contribution in [1.82, 2.24) is 0 Å². The van der Waals surface area contributed by atoms with E-state index in [9.17, 15) is 31.5 Å². The van der Waals surface area contributed by atoms with Crippen molar-refractivity contribution in [1.29, 1.82) is 0 Å². The Bertz CT molecular complexity index is 679. The van der Waals surface area contributed by atoms with Gasteiger partial charge in [-0.15, -0.1) is 0 Å². The molecule has 0 spiro atoms. The molecule has 0 radical (unpaired) electrons. The number of alkyl halides is 5. The second-order valence-corrected chi connectivity index (χ2v) is 12.9. The molecule has 1 aromatic carbocycles. The number of hydrogen-bond donors (Lipinski definition) is 0. The van der Waals surface area contributed by atoms with E-state index in [-0.39, 0.29) is 27.3 Å². The predicted molar refractivity (Wildman–Crippen MR) is 90.9 cm³/mol. The van der Waals surface area contributed by atoms with Gasteiger partial charge >= 0.3 is 18.1 Å². The monoisotopic (exact) mass is 414 g/mol. The zero-order chi connectivity index (χ0) is 20.6. The molecule has 0 bridgehead atoms. The minimum Gasteiger partial charge on any atom is -0.516 e. The van der Waals surface area contributed by atoms with E-state index in [0.29, 0.717) is 0 Å². The average molecular weight is 414 g/mol. The van der Waals surface area contributed by atoms with Gasteiger partial charge in [-0.1, -0.05) is 20.8 Å². The van der Waals surface area contributed by atoms with Crippen LogP contribution in [-0.2, 0) is 9.22 Å². The van der Waals surface area contributed by atoms with Crippen LogP contribution in [0.4, 0.5) is 22.0 Å². The summed E-state index contributed by atoms with van der Waals surface area (Å²) in [5.74, 6) is -6.06. The molecule has 3 nitrogen and oxygen atoms in total. The van der Waals surface area contributed by atoms with E-state index < -0.39 is 31.5 Å². The Morgan fingerprint density at radius 2 is 1.42 bits per heavy atom. The summed E-state index contributed by atoms with van der Waals surface area (Å²) in [5.41, 5.74) is 0.120. The molecular weight excluding hydrogens is 395 g/mol. The summed E-state index contributed by atoms with van der Waals surface area (Å²) in [6.45, 7) is 9.57. The molecule has 10 heteroatoms. The Morgan fingerprint density at radius 1 is 0.962 bits per heavy atom. The Morgan fingerprint density at radius 3 is 1.81 bits per heavy atom. The van der Waals surface area contributed by atoms with Crippen LogP contribution in [0.5, 0.6) is 0 Å². The van der Waals surface area contributed by atoms with Gasteiger partial charge in [-0.3, -0.25) is 4.79 Å². The minimum absolute atomic E-state index is 0.120. The molecule has 0 atom stereocenters. The number of halogens is 5. The first-order chi connectivity index (χ1) is 11.5. The average Bonchev–Trinajstić information content (AvgIpc) is 2.44. The quantitative estimate of drug-likeness (QED) is 0.362. The van der Waals surface area contributed by atoms with Crippen molar-refractivity contribution < 1.29 is 36.0 Å². The highest BCUT2D eigenvalue weighted by molar-refractivity contribution is 8.13. The topological polar surface area (TPSA) is 43.4 Å². The zero-order valence-electron chi connectivity index (χ0n) is 14.8. The second kappa shape index (κ2) is 7.30. The van der Waals surface area contributed by atoms with Crippen molar-refractivity contribution in [3.8, 4) is 0 Å². The Balaban J connectivity index is 2.87. The first kappa shape index (κ1) is 22.6. The van der Waals surface area contributed by atoms with Crippen LogP contribution in [0.3, 0.4) is 0 Å². The lowest BCUT2D eigenvalue weighted by molar-refractivity contribution is -0.264. The molecule has 0 aliphatic carbocycles. The maximum absolute atomic E-state index is 12.9. The highest BCUT2D eigenvalue weighted by Crippen LogP contribution is 2.41. The first-order valence-electron chi connectivity index (χ1n) is 7.49. The molecule has 0 aromatic heterocycles. The highest BCUT2D eigenvalue weighted by Gasteiger charge is 2.63. The molecule has 0 fully saturated rings. The normalized spacial score (nSPS) is 13.5. The van der Waals surface area contributed by atoms with E-state index in [1.54, 1.807) is 0 Å². The van der Waals surface area contributed by atoms with Crippen LogP contribution in [0.25, 0.3) is 0 Å². The van der Waals surface area contributed by atoms with Crippen LogP contribution in [0.1, 0.15) is 31.1 Å². The molecule has 1 rings (SSSR count). The molecule has 0 saturated heterocycles. The number of thioether (sulfide) groups is 1. The number of carbonyl (C=O) groups is 2. The van der Waals surface area contributed by atoms with Crippen molar-refractivity contribution in [2.45, 2.75) is 55.9 Å². The van der Waals surface area contributed by atoms with Crippen LogP contribution in [0, 0.1) is 0 Å². The third kappa shape index (κ3) is 5.06. The van der Waals surface area contributed by atoms with Crippen LogP contribution >= 0.6 is 11.8 Å². The van der Waals surface area contributed by atoms with Gasteiger partial charge in [-0.05, 0) is 54.2 Å². The molecule has 0 amide bonds. The lowest BCUT2D eigenvalue weighted by Gasteiger charge is -2.35. The smallest absolute Gasteiger partial charge is 0.462 e. The number of carbonyl (C=O) groups excluding carboxylic acids is 2. The molecule has 0 N–H and O–H groups in total. The fraction of sp³-hybridized carbons (Fsp3) is 0.500. The third-order valence-corrected chi connectivity index (χ3v) is 9.32. The maximum Gasteiger partial charge on any atom is 0.462 e. The summed E-state index contributed by atoms with van der Waals surface area (Å²) < 4.78 is 68.0. The lowest BCUT2D eigenvalue weighted by Crippen LogP contribution is -2.42. The molecule has 0 aliphatic rings. The van der Waals surface area contributed by atoms with Gasteiger partial charge in [0.15, 0.2) is 0 Å². The van der Waals surface area contributed by atoms with E-state index in [2.05, 4.69) is 0 Å². The summed E-state index contributed by atoms with van der Waals surface area (Å²) in [6.07, 6.45) is -5.95. The first-order valence-corrected chi connectivity index (χ1v) is 11.2. The van der Waals surface area contributed by atoms with Crippen LogP contribution in [0.2, 0.25) is 18.1 Å². The molecule has 1 aromatic rings. The summed E-state index contributed by atoms with van der Waals surface area (Å²) in [7, 11) is -2.37. The molecular formula is C16H19F5O3SSi.